The lowest BCUT2D eigenvalue weighted by Crippen LogP contribution is -2.33. The van der Waals surface area contributed by atoms with Crippen molar-refractivity contribution in [2.24, 2.45) is 5.92 Å². The zero-order valence-corrected chi connectivity index (χ0v) is 12.8. The molecule has 1 unspecified atom stereocenters. The van der Waals surface area contributed by atoms with Gasteiger partial charge >= 0.3 is 6.18 Å². The Morgan fingerprint density at radius 1 is 1.43 bits per heavy atom. The number of benzene rings is 1. The molecule has 1 saturated heterocycles. The fourth-order valence-corrected chi connectivity index (χ4v) is 2.97. The van der Waals surface area contributed by atoms with Crippen molar-refractivity contribution >= 4 is 21.6 Å². The number of likely N-dealkylation sites (tertiary alicyclic amines) is 1. The van der Waals surface area contributed by atoms with Crippen LogP contribution in [0.3, 0.4) is 0 Å². The van der Waals surface area contributed by atoms with Crippen LogP contribution in [0.5, 0.6) is 0 Å². The molecule has 1 heterocycles. The first kappa shape index (κ1) is 16.1. The number of alkyl halides is 3. The number of nitrogens with one attached hydrogen (secondary N) is 1. The highest BCUT2D eigenvalue weighted by molar-refractivity contribution is 9.10. The van der Waals surface area contributed by atoms with E-state index in [1.807, 2.05) is 6.07 Å². The summed E-state index contributed by atoms with van der Waals surface area (Å²) in [6, 6.07) is 7.51. The molecule has 0 aliphatic carbocycles. The molecule has 1 atom stereocenters. The lowest BCUT2D eigenvalue weighted by molar-refractivity contribution is -0.143. The van der Waals surface area contributed by atoms with E-state index in [9.17, 15) is 13.2 Å². The fourth-order valence-electron chi connectivity index (χ4n) is 2.52. The maximum Gasteiger partial charge on any atom is 0.401 e. The maximum atomic E-state index is 12.3. The van der Waals surface area contributed by atoms with Gasteiger partial charge in [-0.2, -0.15) is 18.4 Å². The molecule has 7 heteroatoms. The molecule has 114 valence electrons. The smallest absolute Gasteiger partial charge is 0.384 e. The number of nitrogens with zero attached hydrogens (tertiary/aromatic N) is 2. The van der Waals surface area contributed by atoms with E-state index in [2.05, 4.69) is 27.3 Å². The molecule has 2 rings (SSSR count). The van der Waals surface area contributed by atoms with Gasteiger partial charge in [0.1, 0.15) is 6.07 Å². The highest BCUT2D eigenvalue weighted by Gasteiger charge is 2.34. The highest BCUT2D eigenvalue weighted by Crippen LogP contribution is 2.26. The minimum atomic E-state index is -4.14. The average Bonchev–Trinajstić information content (AvgIpc) is 2.81. The number of hydrogen-bond acceptors (Lipinski definition) is 3. The summed E-state index contributed by atoms with van der Waals surface area (Å²) in [7, 11) is 0. The van der Waals surface area contributed by atoms with Gasteiger partial charge in [-0.05, 0) is 46.9 Å². The van der Waals surface area contributed by atoms with Crippen LogP contribution in [-0.4, -0.2) is 37.3 Å². The number of nitriles is 1. The van der Waals surface area contributed by atoms with Crippen molar-refractivity contribution in [3.63, 3.8) is 0 Å². The van der Waals surface area contributed by atoms with Crippen LogP contribution in [0.1, 0.15) is 12.0 Å². The summed E-state index contributed by atoms with van der Waals surface area (Å²) in [5.41, 5.74) is 1.23. The largest absolute Gasteiger partial charge is 0.401 e. The zero-order valence-electron chi connectivity index (χ0n) is 11.3. The Morgan fingerprint density at radius 3 is 2.86 bits per heavy atom. The summed E-state index contributed by atoms with van der Waals surface area (Å²) < 4.78 is 37.7. The summed E-state index contributed by atoms with van der Waals surface area (Å²) in [6.45, 7) is 0.626. The van der Waals surface area contributed by atoms with Gasteiger partial charge in [0, 0.05) is 17.6 Å². The average molecular weight is 362 g/mol. The monoisotopic (exact) mass is 361 g/mol. The second-order valence-electron chi connectivity index (χ2n) is 5.16. The van der Waals surface area contributed by atoms with Crippen molar-refractivity contribution in [3.05, 3.63) is 28.2 Å². The molecule has 0 radical (unpaired) electrons. The van der Waals surface area contributed by atoms with E-state index < -0.39 is 12.7 Å². The summed E-state index contributed by atoms with van der Waals surface area (Å²) in [5, 5.41) is 12.3. The molecule has 3 nitrogen and oxygen atoms in total. The van der Waals surface area contributed by atoms with E-state index in [1.165, 1.54) is 4.90 Å². The van der Waals surface area contributed by atoms with Gasteiger partial charge in [-0.25, -0.2) is 0 Å². The quantitative estimate of drug-likeness (QED) is 0.890. The second kappa shape index (κ2) is 6.67. The number of hydrogen-bond donors (Lipinski definition) is 1. The molecule has 0 aromatic heterocycles. The molecule has 1 aliphatic heterocycles. The SMILES string of the molecule is N#Cc1c(Br)cccc1NCC1CCN(CC(F)(F)F)C1. The van der Waals surface area contributed by atoms with Crippen LogP contribution in [0.2, 0.25) is 0 Å². The lowest BCUT2D eigenvalue weighted by atomic mass is 10.1. The van der Waals surface area contributed by atoms with Crippen molar-refractivity contribution in [2.75, 3.05) is 31.5 Å². The van der Waals surface area contributed by atoms with E-state index >= 15 is 0 Å². The topological polar surface area (TPSA) is 39.1 Å². The molecule has 0 spiro atoms. The van der Waals surface area contributed by atoms with E-state index in [-0.39, 0.29) is 5.92 Å². The Kier molecular flexibility index (Phi) is 5.12. The van der Waals surface area contributed by atoms with Crippen LogP contribution in [0, 0.1) is 17.2 Å². The molecule has 1 aliphatic rings. The predicted molar refractivity (Wildman–Crippen MR) is 77.9 cm³/mol. The molecule has 1 aromatic carbocycles. The van der Waals surface area contributed by atoms with Gasteiger partial charge in [0.2, 0.25) is 0 Å². The van der Waals surface area contributed by atoms with Gasteiger partial charge in [0.25, 0.3) is 0 Å². The van der Waals surface area contributed by atoms with E-state index in [1.54, 1.807) is 12.1 Å². The van der Waals surface area contributed by atoms with Crippen molar-refractivity contribution < 1.29 is 13.2 Å². The summed E-state index contributed by atoms with van der Waals surface area (Å²) in [5.74, 6) is 0.165. The van der Waals surface area contributed by atoms with Crippen molar-refractivity contribution in [3.8, 4) is 6.07 Å². The molecule has 21 heavy (non-hydrogen) atoms. The number of anilines is 1. The molecular formula is C14H15BrF3N3. The first-order chi connectivity index (χ1) is 9.89. The second-order valence-corrected chi connectivity index (χ2v) is 6.01. The Balaban J connectivity index is 1.88. The molecule has 1 fully saturated rings. The molecule has 0 amide bonds. The third-order valence-electron chi connectivity index (χ3n) is 3.48. The standard InChI is InChI=1S/C14H15BrF3N3/c15-12-2-1-3-13(11(12)6-19)20-7-10-4-5-21(8-10)9-14(16,17)18/h1-3,10,20H,4-5,7-9H2. The van der Waals surface area contributed by atoms with E-state index in [4.69, 9.17) is 5.26 Å². The van der Waals surface area contributed by atoms with Crippen LogP contribution >= 0.6 is 15.9 Å². The van der Waals surface area contributed by atoms with Gasteiger partial charge < -0.3 is 5.32 Å². The number of halogens is 4. The van der Waals surface area contributed by atoms with Crippen LogP contribution in [-0.2, 0) is 0 Å². The van der Waals surface area contributed by atoms with Crippen molar-refractivity contribution in [2.45, 2.75) is 12.6 Å². The van der Waals surface area contributed by atoms with Gasteiger partial charge in [0.15, 0.2) is 0 Å². The van der Waals surface area contributed by atoms with Gasteiger partial charge in [-0.1, -0.05) is 6.07 Å². The Hall–Kier alpha value is -1.26. The van der Waals surface area contributed by atoms with Gasteiger partial charge in [0.05, 0.1) is 17.8 Å². The summed E-state index contributed by atoms with van der Waals surface area (Å²) in [6.07, 6.45) is -3.40. The van der Waals surface area contributed by atoms with Gasteiger partial charge in [-0.3, -0.25) is 4.90 Å². The third-order valence-corrected chi connectivity index (χ3v) is 4.14. The number of rotatable bonds is 4. The van der Waals surface area contributed by atoms with Crippen LogP contribution < -0.4 is 5.32 Å². The predicted octanol–water partition coefficient (Wildman–Crippen LogP) is 3.62. The summed E-state index contributed by atoms with van der Waals surface area (Å²) in [4.78, 5) is 1.43. The zero-order chi connectivity index (χ0) is 15.5. The third kappa shape index (κ3) is 4.61. The lowest BCUT2D eigenvalue weighted by Gasteiger charge is -2.18. The molecule has 1 aromatic rings. The molecule has 0 saturated carbocycles. The first-order valence-corrected chi connectivity index (χ1v) is 7.40. The van der Waals surface area contributed by atoms with E-state index in [0.717, 1.165) is 6.42 Å². The summed E-state index contributed by atoms with van der Waals surface area (Å²) >= 11 is 3.31. The van der Waals surface area contributed by atoms with Crippen molar-refractivity contribution in [1.82, 2.24) is 4.90 Å². The first-order valence-electron chi connectivity index (χ1n) is 6.60. The molecule has 0 bridgehead atoms. The van der Waals surface area contributed by atoms with Crippen molar-refractivity contribution in [1.29, 1.82) is 5.26 Å². The van der Waals surface area contributed by atoms with Crippen LogP contribution in [0.15, 0.2) is 22.7 Å². The Morgan fingerprint density at radius 2 is 2.19 bits per heavy atom. The Bertz CT molecular complexity index is 539. The highest BCUT2D eigenvalue weighted by atomic mass is 79.9. The minimum Gasteiger partial charge on any atom is -0.384 e. The van der Waals surface area contributed by atoms with Crippen LogP contribution in [0.25, 0.3) is 0 Å². The van der Waals surface area contributed by atoms with E-state index in [0.29, 0.717) is 35.4 Å². The molecular weight excluding hydrogens is 347 g/mol. The normalized spacial score (nSPS) is 19.5. The minimum absolute atomic E-state index is 0.165. The van der Waals surface area contributed by atoms with Gasteiger partial charge in [-0.15, -0.1) is 0 Å². The van der Waals surface area contributed by atoms with Crippen LogP contribution in [0.4, 0.5) is 18.9 Å². The molecule has 1 N–H and O–H groups in total. The fraction of sp³-hybridized carbons (Fsp3) is 0.500. The maximum absolute atomic E-state index is 12.3. The Labute approximate surface area is 129 Å².